The number of amides is 1. The first-order valence-corrected chi connectivity index (χ1v) is 8.68. The van der Waals surface area contributed by atoms with Crippen molar-refractivity contribution < 1.29 is 9.53 Å². The lowest BCUT2D eigenvalue weighted by atomic mass is 10.1. The lowest BCUT2D eigenvalue weighted by Gasteiger charge is -2.17. The molecule has 0 aliphatic carbocycles. The van der Waals surface area contributed by atoms with E-state index < -0.39 is 6.23 Å². The highest BCUT2D eigenvalue weighted by Gasteiger charge is 2.26. The first-order valence-electron chi connectivity index (χ1n) is 8.68. The predicted octanol–water partition coefficient (Wildman–Crippen LogP) is 3.90. The number of nitrogens with zero attached hydrogens (tertiary/aromatic N) is 2. The fraction of sp³-hybridized carbons (Fsp3) is 0.143. The quantitative estimate of drug-likeness (QED) is 0.739. The summed E-state index contributed by atoms with van der Waals surface area (Å²) in [5, 5.41) is 6.24. The number of nitrogens with one attached hydrogen (secondary N) is 2. The summed E-state index contributed by atoms with van der Waals surface area (Å²) < 4.78 is 5.94. The number of pyridine rings is 1. The number of carbonyl (C=O) groups is 1. The van der Waals surface area contributed by atoms with Crippen LogP contribution < -0.4 is 20.3 Å². The highest BCUT2D eigenvalue weighted by atomic mass is 16.5. The molecule has 0 bridgehead atoms. The highest BCUT2D eigenvalue weighted by Crippen LogP contribution is 2.38. The van der Waals surface area contributed by atoms with E-state index in [4.69, 9.17) is 4.74 Å². The van der Waals surface area contributed by atoms with Gasteiger partial charge < -0.3 is 20.3 Å². The normalized spacial score (nSPS) is 14.7. The van der Waals surface area contributed by atoms with Crippen LogP contribution in [0.1, 0.15) is 22.1 Å². The number of ether oxygens (including phenoxy) is 1. The smallest absolute Gasteiger partial charge is 0.255 e. The van der Waals surface area contributed by atoms with Crippen LogP contribution in [-0.4, -0.2) is 25.0 Å². The Morgan fingerprint density at radius 3 is 2.78 bits per heavy atom. The van der Waals surface area contributed by atoms with Gasteiger partial charge >= 0.3 is 0 Å². The summed E-state index contributed by atoms with van der Waals surface area (Å²) in [6.45, 7) is 0. The van der Waals surface area contributed by atoms with Gasteiger partial charge in [0.15, 0.2) is 17.8 Å². The van der Waals surface area contributed by atoms with Gasteiger partial charge in [-0.2, -0.15) is 0 Å². The molecule has 1 amide bonds. The van der Waals surface area contributed by atoms with Crippen molar-refractivity contribution in [3.05, 3.63) is 78.0 Å². The van der Waals surface area contributed by atoms with E-state index in [-0.39, 0.29) is 5.91 Å². The van der Waals surface area contributed by atoms with Crippen LogP contribution in [-0.2, 0) is 0 Å². The van der Waals surface area contributed by atoms with Crippen molar-refractivity contribution in [1.82, 2.24) is 4.98 Å². The minimum absolute atomic E-state index is 0.167. The number of anilines is 3. The van der Waals surface area contributed by atoms with Crippen molar-refractivity contribution >= 4 is 23.1 Å². The van der Waals surface area contributed by atoms with Gasteiger partial charge in [0.1, 0.15) is 0 Å². The van der Waals surface area contributed by atoms with Crippen LogP contribution in [0.25, 0.3) is 0 Å². The standard InChI is InChI=1S/C21H20N4O2/c1-25(2)15-8-5-7-14(13-15)20(26)23-17-10-4-3-9-16(17)21-24-19-18(27-21)11-6-12-22-19/h3-13,21H,1-2H3,(H,22,24)(H,23,26). The van der Waals surface area contributed by atoms with Crippen LogP contribution in [0.5, 0.6) is 5.75 Å². The van der Waals surface area contributed by atoms with E-state index in [1.807, 2.05) is 73.6 Å². The van der Waals surface area contributed by atoms with Crippen LogP contribution in [0.3, 0.4) is 0 Å². The van der Waals surface area contributed by atoms with Gasteiger partial charge in [0.25, 0.3) is 5.91 Å². The Hall–Kier alpha value is -3.54. The Bertz CT molecular complexity index is 962. The minimum atomic E-state index is -0.403. The number of rotatable bonds is 4. The molecule has 0 spiro atoms. The third kappa shape index (κ3) is 3.42. The molecule has 0 radical (unpaired) electrons. The molecule has 3 aromatic rings. The molecule has 2 heterocycles. The Kier molecular flexibility index (Phi) is 4.38. The van der Waals surface area contributed by atoms with Crippen molar-refractivity contribution in [2.24, 2.45) is 0 Å². The topological polar surface area (TPSA) is 66.5 Å². The largest absolute Gasteiger partial charge is 0.462 e. The third-order valence-electron chi connectivity index (χ3n) is 4.40. The molecule has 27 heavy (non-hydrogen) atoms. The molecule has 6 heteroatoms. The van der Waals surface area contributed by atoms with E-state index in [1.54, 1.807) is 12.3 Å². The second-order valence-corrected chi connectivity index (χ2v) is 6.48. The van der Waals surface area contributed by atoms with Crippen molar-refractivity contribution in [2.75, 3.05) is 29.6 Å². The molecular formula is C21H20N4O2. The number of para-hydroxylation sites is 1. The average Bonchev–Trinajstić information content (AvgIpc) is 3.12. The number of carbonyl (C=O) groups excluding carboxylic acids is 1. The van der Waals surface area contributed by atoms with Gasteiger partial charge in [-0.1, -0.05) is 24.3 Å². The Labute approximate surface area is 157 Å². The van der Waals surface area contributed by atoms with E-state index in [2.05, 4.69) is 15.6 Å². The molecule has 6 nitrogen and oxygen atoms in total. The number of hydrogen-bond acceptors (Lipinski definition) is 5. The van der Waals surface area contributed by atoms with Crippen molar-refractivity contribution in [2.45, 2.75) is 6.23 Å². The summed E-state index contributed by atoms with van der Waals surface area (Å²) >= 11 is 0. The molecule has 1 aliphatic rings. The van der Waals surface area contributed by atoms with E-state index in [9.17, 15) is 4.79 Å². The molecule has 1 atom stereocenters. The number of hydrogen-bond donors (Lipinski definition) is 2. The Balaban J connectivity index is 1.57. The highest BCUT2D eigenvalue weighted by molar-refractivity contribution is 6.05. The molecule has 0 saturated carbocycles. The summed E-state index contributed by atoms with van der Waals surface area (Å²) in [6, 6.07) is 18.8. The summed E-state index contributed by atoms with van der Waals surface area (Å²) in [5.74, 6) is 1.23. The number of benzene rings is 2. The van der Waals surface area contributed by atoms with Crippen LogP contribution in [0.2, 0.25) is 0 Å². The van der Waals surface area contributed by atoms with E-state index >= 15 is 0 Å². The van der Waals surface area contributed by atoms with Gasteiger partial charge in [0.05, 0.1) is 0 Å². The lowest BCUT2D eigenvalue weighted by molar-refractivity contribution is 0.102. The molecule has 1 unspecified atom stereocenters. The minimum Gasteiger partial charge on any atom is -0.462 e. The third-order valence-corrected chi connectivity index (χ3v) is 4.40. The molecule has 1 aliphatic heterocycles. The fourth-order valence-electron chi connectivity index (χ4n) is 2.98. The van der Waals surface area contributed by atoms with Gasteiger partial charge in [0, 0.05) is 42.8 Å². The maximum atomic E-state index is 12.8. The molecular weight excluding hydrogens is 340 g/mol. The zero-order valence-corrected chi connectivity index (χ0v) is 15.1. The Morgan fingerprint density at radius 2 is 1.96 bits per heavy atom. The molecule has 0 fully saturated rings. The number of aromatic nitrogens is 1. The van der Waals surface area contributed by atoms with Gasteiger partial charge in [-0.25, -0.2) is 4.98 Å². The molecule has 4 rings (SSSR count). The van der Waals surface area contributed by atoms with Gasteiger partial charge in [-0.05, 0) is 36.4 Å². The first kappa shape index (κ1) is 16.9. The second-order valence-electron chi connectivity index (χ2n) is 6.48. The summed E-state index contributed by atoms with van der Waals surface area (Å²) in [4.78, 5) is 19.0. The maximum Gasteiger partial charge on any atom is 0.255 e. The summed E-state index contributed by atoms with van der Waals surface area (Å²) in [6.07, 6.45) is 1.31. The average molecular weight is 360 g/mol. The fourth-order valence-corrected chi connectivity index (χ4v) is 2.98. The van der Waals surface area contributed by atoms with Crippen LogP contribution in [0.4, 0.5) is 17.2 Å². The summed E-state index contributed by atoms with van der Waals surface area (Å²) in [5.41, 5.74) is 3.11. The summed E-state index contributed by atoms with van der Waals surface area (Å²) in [7, 11) is 3.89. The Morgan fingerprint density at radius 1 is 1.11 bits per heavy atom. The maximum absolute atomic E-state index is 12.8. The molecule has 0 saturated heterocycles. The van der Waals surface area contributed by atoms with Crippen LogP contribution >= 0.6 is 0 Å². The van der Waals surface area contributed by atoms with Crippen LogP contribution in [0, 0.1) is 0 Å². The van der Waals surface area contributed by atoms with Gasteiger partial charge in [0.2, 0.25) is 0 Å². The zero-order valence-electron chi connectivity index (χ0n) is 15.1. The monoisotopic (exact) mass is 360 g/mol. The van der Waals surface area contributed by atoms with E-state index in [1.165, 1.54) is 0 Å². The zero-order chi connectivity index (χ0) is 18.8. The predicted molar refractivity (Wildman–Crippen MR) is 106 cm³/mol. The SMILES string of the molecule is CN(C)c1cccc(C(=O)Nc2ccccc2C2Nc3ncccc3O2)c1. The van der Waals surface area contributed by atoms with E-state index in [0.29, 0.717) is 22.8 Å². The number of fused-ring (bicyclic) bond motifs is 1. The molecule has 136 valence electrons. The van der Waals surface area contributed by atoms with Crippen LogP contribution in [0.15, 0.2) is 66.9 Å². The first-order chi connectivity index (χ1) is 13.1. The van der Waals surface area contributed by atoms with E-state index in [0.717, 1.165) is 11.3 Å². The molecule has 1 aromatic heterocycles. The van der Waals surface area contributed by atoms with Crippen molar-refractivity contribution in [3.8, 4) is 5.75 Å². The van der Waals surface area contributed by atoms with Gasteiger partial charge in [-0.15, -0.1) is 0 Å². The molecule has 2 N–H and O–H groups in total. The van der Waals surface area contributed by atoms with Crippen molar-refractivity contribution in [3.63, 3.8) is 0 Å². The van der Waals surface area contributed by atoms with Crippen molar-refractivity contribution in [1.29, 1.82) is 0 Å². The molecule has 2 aromatic carbocycles. The van der Waals surface area contributed by atoms with Gasteiger partial charge in [-0.3, -0.25) is 4.79 Å². The lowest BCUT2D eigenvalue weighted by Crippen LogP contribution is -2.18. The second kappa shape index (κ2) is 6.99.